The molecular formula is C20H19FN4O. The highest BCUT2D eigenvalue weighted by atomic mass is 19.1. The van der Waals surface area contributed by atoms with Crippen LogP contribution in [0.15, 0.2) is 42.7 Å². The molecule has 1 amide bonds. The van der Waals surface area contributed by atoms with E-state index in [-0.39, 0.29) is 11.7 Å². The SMILES string of the molecule is CC1(C)C(=O)Nc2ccc(CCNc3ncnc4ccc(F)cc34)cc21. The molecule has 132 valence electrons. The number of rotatable bonds is 4. The van der Waals surface area contributed by atoms with Crippen molar-refractivity contribution in [3.8, 4) is 0 Å². The van der Waals surface area contributed by atoms with Crippen molar-refractivity contribution in [2.45, 2.75) is 25.7 Å². The van der Waals surface area contributed by atoms with Crippen LogP contribution >= 0.6 is 0 Å². The summed E-state index contributed by atoms with van der Waals surface area (Å²) >= 11 is 0. The van der Waals surface area contributed by atoms with Gasteiger partial charge in [-0.1, -0.05) is 12.1 Å². The third kappa shape index (κ3) is 2.77. The molecule has 6 heteroatoms. The summed E-state index contributed by atoms with van der Waals surface area (Å²) in [5.74, 6) is 0.332. The summed E-state index contributed by atoms with van der Waals surface area (Å²) < 4.78 is 13.5. The molecular weight excluding hydrogens is 331 g/mol. The van der Waals surface area contributed by atoms with Crippen LogP contribution in [0.3, 0.4) is 0 Å². The molecule has 0 unspecified atom stereocenters. The van der Waals surface area contributed by atoms with Gasteiger partial charge in [-0.15, -0.1) is 0 Å². The molecule has 0 aliphatic carbocycles. The van der Waals surface area contributed by atoms with Gasteiger partial charge in [0.1, 0.15) is 18.0 Å². The zero-order chi connectivity index (χ0) is 18.3. The normalized spacial score (nSPS) is 15.0. The van der Waals surface area contributed by atoms with E-state index in [1.807, 2.05) is 26.0 Å². The van der Waals surface area contributed by atoms with E-state index in [1.165, 1.54) is 18.5 Å². The van der Waals surface area contributed by atoms with E-state index < -0.39 is 5.41 Å². The number of anilines is 2. The van der Waals surface area contributed by atoms with Gasteiger partial charge in [-0.05, 0) is 55.7 Å². The molecule has 0 spiro atoms. The number of hydrogen-bond acceptors (Lipinski definition) is 4. The van der Waals surface area contributed by atoms with Crippen molar-refractivity contribution in [2.24, 2.45) is 0 Å². The molecule has 1 aliphatic rings. The zero-order valence-electron chi connectivity index (χ0n) is 14.6. The molecule has 2 heterocycles. The van der Waals surface area contributed by atoms with E-state index in [4.69, 9.17) is 0 Å². The van der Waals surface area contributed by atoms with Gasteiger partial charge in [-0.3, -0.25) is 4.79 Å². The number of carbonyl (C=O) groups is 1. The molecule has 2 N–H and O–H groups in total. The molecule has 26 heavy (non-hydrogen) atoms. The van der Waals surface area contributed by atoms with Crippen LogP contribution in [0.4, 0.5) is 15.9 Å². The number of fused-ring (bicyclic) bond motifs is 2. The summed E-state index contributed by atoms with van der Waals surface area (Å²) in [6.45, 7) is 4.50. The number of halogens is 1. The lowest BCUT2D eigenvalue weighted by Gasteiger charge is -2.16. The summed E-state index contributed by atoms with van der Waals surface area (Å²) in [5, 5.41) is 6.84. The highest BCUT2D eigenvalue weighted by Crippen LogP contribution is 2.37. The molecule has 1 aliphatic heterocycles. The molecule has 0 saturated carbocycles. The van der Waals surface area contributed by atoms with E-state index in [0.717, 1.165) is 23.2 Å². The highest BCUT2D eigenvalue weighted by molar-refractivity contribution is 6.05. The Hall–Kier alpha value is -3.02. The molecule has 0 saturated heterocycles. The average molecular weight is 350 g/mol. The Kier molecular flexibility index (Phi) is 3.83. The number of hydrogen-bond donors (Lipinski definition) is 2. The fourth-order valence-corrected chi connectivity index (χ4v) is 3.27. The average Bonchev–Trinajstić information content (AvgIpc) is 2.84. The van der Waals surface area contributed by atoms with Gasteiger partial charge >= 0.3 is 0 Å². The fourth-order valence-electron chi connectivity index (χ4n) is 3.27. The van der Waals surface area contributed by atoms with Gasteiger partial charge in [0, 0.05) is 17.6 Å². The Morgan fingerprint density at radius 2 is 2.00 bits per heavy atom. The minimum absolute atomic E-state index is 0.0252. The molecule has 0 atom stereocenters. The van der Waals surface area contributed by atoms with Crippen molar-refractivity contribution in [2.75, 3.05) is 17.2 Å². The largest absolute Gasteiger partial charge is 0.369 e. The first kappa shape index (κ1) is 16.4. The Morgan fingerprint density at radius 1 is 1.15 bits per heavy atom. The van der Waals surface area contributed by atoms with Crippen molar-refractivity contribution in [3.63, 3.8) is 0 Å². The van der Waals surface area contributed by atoms with Crippen molar-refractivity contribution in [3.05, 3.63) is 59.7 Å². The maximum Gasteiger partial charge on any atom is 0.234 e. The van der Waals surface area contributed by atoms with Crippen molar-refractivity contribution >= 4 is 28.3 Å². The number of amides is 1. The van der Waals surface area contributed by atoms with Crippen molar-refractivity contribution in [1.82, 2.24) is 9.97 Å². The van der Waals surface area contributed by atoms with Crippen LogP contribution in [0.1, 0.15) is 25.0 Å². The summed E-state index contributed by atoms with van der Waals surface area (Å²) in [7, 11) is 0. The Balaban J connectivity index is 1.51. The molecule has 0 fully saturated rings. The second-order valence-electron chi connectivity index (χ2n) is 7.02. The lowest BCUT2D eigenvalue weighted by Crippen LogP contribution is -2.26. The first-order valence-corrected chi connectivity index (χ1v) is 8.54. The van der Waals surface area contributed by atoms with Crippen LogP contribution < -0.4 is 10.6 Å². The quantitative estimate of drug-likeness (QED) is 0.754. The molecule has 2 aromatic carbocycles. The van der Waals surface area contributed by atoms with Crippen LogP contribution in [0.5, 0.6) is 0 Å². The number of aromatic nitrogens is 2. The minimum atomic E-state index is -0.515. The monoisotopic (exact) mass is 350 g/mol. The third-order valence-corrected chi connectivity index (χ3v) is 4.88. The predicted molar refractivity (Wildman–Crippen MR) is 99.8 cm³/mol. The van der Waals surface area contributed by atoms with Gasteiger partial charge < -0.3 is 10.6 Å². The first-order chi connectivity index (χ1) is 12.4. The molecule has 4 rings (SSSR count). The van der Waals surface area contributed by atoms with Crippen molar-refractivity contribution < 1.29 is 9.18 Å². The van der Waals surface area contributed by atoms with E-state index >= 15 is 0 Å². The lowest BCUT2D eigenvalue weighted by atomic mass is 9.85. The van der Waals surface area contributed by atoms with Crippen LogP contribution in [-0.2, 0) is 16.6 Å². The maximum absolute atomic E-state index is 13.5. The summed E-state index contributed by atoms with van der Waals surface area (Å²) in [5.41, 5.74) is 3.22. The Morgan fingerprint density at radius 3 is 2.85 bits per heavy atom. The molecule has 1 aromatic heterocycles. The molecule has 0 radical (unpaired) electrons. The summed E-state index contributed by atoms with van der Waals surface area (Å²) in [6, 6.07) is 10.5. The molecule has 3 aromatic rings. The number of nitrogens with one attached hydrogen (secondary N) is 2. The van der Waals surface area contributed by atoms with Gasteiger partial charge in [-0.25, -0.2) is 14.4 Å². The lowest BCUT2D eigenvalue weighted by molar-refractivity contribution is -0.119. The fraction of sp³-hybridized carbons (Fsp3) is 0.250. The van der Waals surface area contributed by atoms with E-state index in [1.54, 1.807) is 6.07 Å². The van der Waals surface area contributed by atoms with Gasteiger partial charge in [-0.2, -0.15) is 0 Å². The summed E-state index contributed by atoms with van der Waals surface area (Å²) in [4.78, 5) is 20.4. The standard InChI is InChI=1S/C20H19FN4O/c1-20(2)15-9-12(3-5-17(15)25-19(20)26)7-8-22-18-14-10-13(21)4-6-16(14)23-11-24-18/h3-6,9-11H,7-8H2,1-2H3,(H,25,26)(H,22,23,24). The molecule has 5 nitrogen and oxygen atoms in total. The van der Waals surface area contributed by atoms with Gasteiger partial charge in [0.25, 0.3) is 0 Å². The van der Waals surface area contributed by atoms with Gasteiger partial charge in [0.05, 0.1) is 10.9 Å². The molecule has 0 bridgehead atoms. The zero-order valence-corrected chi connectivity index (χ0v) is 14.6. The van der Waals surface area contributed by atoms with E-state index in [0.29, 0.717) is 23.3 Å². The van der Waals surface area contributed by atoms with Crippen LogP contribution in [0, 0.1) is 5.82 Å². The van der Waals surface area contributed by atoms with Crippen molar-refractivity contribution in [1.29, 1.82) is 0 Å². The second kappa shape index (κ2) is 6.05. The van der Waals surface area contributed by atoms with Gasteiger partial charge in [0.15, 0.2) is 0 Å². The van der Waals surface area contributed by atoms with Gasteiger partial charge in [0.2, 0.25) is 5.91 Å². The number of nitrogens with zero attached hydrogens (tertiary/aromatic N) is 2. The number of carbonyl (C=O) groups excluding carboxylic acids is 1. The second-order valence-corrected chi connectivity index (χ2v) is 7.02. The number of benzene rings is 2. The smallest absolute Gasteiger partial charge is 0.234 e. The first-order valence-electron chi connectivity index (χ1n) is 8.54. The van der Waals surface area contributed by atoms with Crippen LogP contribution in [0.2, 0.25) is 0 Å². The predicted octanol–water partition coefficient (Wildman–Crippen LogP) is 3.65. The van der Waals surface area contributed by atoms with E-state index in [9.17, 15) is 9.18 Å². The Bertz CT molecular complexity index is 1020. The highest BCUT2D eigenvalue weighted by Gasteiger charge is 2.38. The minimum Gasteiger partial charge on any atom is -0.369 e. The van der Waals surface area contributed by atoms with Crippen LogP contribution in [0.25, 0.3) is 10.9 Å². The topological polar surface area (TPSA) is 66.9 Å². The third-order valence-electron chi connectivity index (χ3n) is 4.88. The van der Waals surface area contributed by atoms with E-state index in [2.05, 4.69) is 26.7 Å². The summed E-state index contributed by atoms with van der Waals surface area (Å²) in [6.07, 6.45) is 2.23. The van der Waals surface area contributed by atoms with Crippen LogP contribution in [-0.4, -0.2) is 22.4 Å². The Labute approximate surface area is 150 Å². The maximum atomic E-state index is 13.5.